The molecule has 0 spiro atoms. The number of thioether (sulfide) groups is 1. The molecular weight excluding hydrogens is 290 g/mol. The van der Waals surface area contributed by atoms with Gasteiger partial charge in [0.05, 0.1) is 18.1 Å². The lowest BCUT2D eigenvalue weighted by molar-refractivity contribution is -0.136. The molecule has 0 unspecified atom stereocenters. The van der Waals surface area contributed by atoms with E-state index in [0.717, 1.165) is 16.5 Å². The molecule has 21 heavy (non-hydrogen) atoms. The number of hydrogen-bond acceptors (Lipinski definition) is 4. The average molecular weight is 305 g/mol. The van der Waals surface area contributed by atoms with Crippen LogP contribution < -0.4 is 5.32 Å². The molecule has 1 aliphatic rings. The Labute approximate surface area is 125 Å². The summed E-state index contributed by atoms with van der Waals surface area (Å²) in [5, 5.41) is 19.2. The fourth-order valence-electron chi connectivity index (χ4n) is 2.47. The van der Waals surface area contributed by atoms with Gasteiger partial charge in [-0.1, -0.05) is 6.07 Å². The summed E-state index contributed by atoms with van der Waals surface area (Å²) in [6, 6.07) is 5.67. The summed E-state index contributed by atoms with van der Waals surface area (Å²) in [5.41, 5.74) is 1.86. The van der Waals surface area contributed by atoms with Crippen LogP contribution in [0.4, 0.5) is 0 Å². The maximum atomic E-state index is 12.0. The number of aromatic nitrogens is 2. The van der Waals surface area contributed by atoms with Crippen molar-refractivity contribution in [3.05, 3.63) is 30.0 Å². The number of aliphatic carboxylic acids is 1. The van der Waals surface area contributed by atoms with Gasteiger partial charge in [-0.2, -0.15) is 5.10 Å². The molecule has 1 aromatic heterocycles. The molecule has 110 valence electrons. The number of nitrogens with one attached hydrogen (secondary N) is 2. The van der Waals surface area contributed by atoms with E-state index >= 15 is 0 Å². The van der Waals surface area contributed by atoms with Crippen LogP contribution in [0, 0.1) is 0 Å². The van der Waals surface area contributed by atoms with Crippen LogP contribution >= 0.6 is 11.8 Å². The van der Waals surface area contributed by atoms with Gasteiger partial charge in [0.15, 0.2) is 0 Å². The molecule has 3 N–H and O–H groups in total. The summed E-state index contributed by atoms with van der Waals surface area (Å²) in [4.78, 5) is 22.9. The lowest BCUT2D eigenvalue weighted by Gasteiger charge is -2.11. The van der Waals surface area contributed by atoms with Crippen molar-refractivity contribution in [1.82, 2.24) is 15.5 Å². The van der Waals surface area contributed by atoms with Crippen LogP contribution in [0.15, 0.2) is 24.4 Å². The SMILES string of the molecule is O=C(Cc1ccc2[nH]ncc2c1)N[C@@H]1CS[C@H](C(=O)O)C1. The molecule has 0 bridgehead atoms. The number of carboxylic acid groups (broad SMARTS) is 1. The van der Waals surface area contributed by atoms with Crippen molar-refractivity contribution in [1.29, 1.82) is 0 Å². The lowest BCUT2D eigenvalue weighted by Crippen LogP contribution is -2.36. The summed E-state index contributed by atoms with van der Waals surface area (Å²) in [6.07, 6.45) is 2.51. The number of hydrogen-bond donors (Lipinski definition) is 3. The van der Waals surface area contributed by atoms with Crippen molar-refractivity contribution in [2.75, 3.05) is 5.75 Å². The molecule has 2 atom stereocenters. The fraction of sp³-hybridized carbons (Fsp3) is 0.357. The number of carbonyl (C=O) groups is 2. The van der Waals surface area contributed by atoms with E-state index < -0.39 is 11.2 Å². The van der Waals surface area contributed by atoms with Crippen LogP contribution in [-0.2, 0) is 16.0 Å². The van der Waals surface area contributed by atoms with Crippen molar-refractivity contribution in [2.45, 2.75) is 24.1 Å². The van der Waals surface area contributed by atoms with Crippen LogP contribution in [0.2, 0.25) is 0 Å². The largest absolute Gasteiger partial charge is 0.480 e. The molecular formula is C14H15N3O3S. The Morgan fingerprint density at radius 3 is 3.10 bits per heavy atom. The molecule has 0 radical (unpaired) electrons. The minimum atomic E-state index is -0.804. The van der Waals surface area contributed by atoms with Crippen molar-refractivity contribution < 1.29 is 14.7 Å². The Hall–Kier alpha value is -2.02. The molecule has 1 aliphatic heterocycles. The van der Waals surface area contributed by atoms with Gasteiger partial charge in [0.1, 0.15) is 5.25 Å². The highest BCUT2D eigenvalue weighted by atomic mass is 32.2. The van der Waals surface area contributed by atoms with Crippen molar-refractivity contribution in [3.8, 4) is 0 Å². The molecule has 7 heteroatoms. The van der Waals surface area contributed by atoms with Crippen LogP contribution in [0.3, 0.4) is 0 Å². The van der Waals surface area contributed by atoms with Crippen LogP contribution in [0.1, 0.15) is 12.0 Å². The molecule has 0 aliphatic carbocycles. The normalized spacial score (nSPS) is 21.5. The quantitative estimate of drug-likeness (QED) is 0.788. The second-order valence-corrected chi connectivity index (χ2v) is 6.36. The van der Waals surface area contributed by atoms with Gasteiger partial charge in [-0.05, 0) is 24.1 Å². The summed E-state index contributed by atoms with van der Waals surface area (Å²) >= 11 is 1.38. The van der Waals surface area contributed by atoms with Crippen LogP contribution in [0.5, 0.6) is 0 Å². The summed E-state index contributed by atoms with van der Waals surface area (Å²) in [5.74, 6) is -0.222. The number of aromatic amines is 1. The van der Waals surface area contributed by atoms with Gasteiger partial charge >= 0.3 is 5.97 Å². The maximum Gasteiger partial charge on any atom is 0.316 e. The van der Waals surface area contributed by atoms with Crippen LogP contribution in [-0.4, -0.2) is 44.2 Å². The molecule has 0 saturated carbocycles. The Bertz CT molecular complexity index is 685. The Balaban J connectivity index is 1.58. The first-order valence-electron chi connectivity index (χ1n) is 6.67. The van der Waals surface area contributed by atoms with Gasteiger partial charge in [-0.15, -0.1) is 11.8 Å². The van der Waals surface area contributed by atoms with Gasteiger partial charge in [0.2, 0.25) is 5.91 Å². The number of rotatable bonds is 4. The highest BCUT2D eigenvalue weighted by Gasteiger charge is 2.31. The average Bonchev–Trinajstić information content (AvgIpc) is 3.06. The van der Waals surface area contributed by atoms with E-state index in [1.807, 2.05) is 18.2 Å². The standard InChI is InChI=1S/C14H15N3O3S/c18-13(16-10-5-12(14(19)20)21-7-10)4-8-1-2-11-9(3-8)6-15-17-11/h1-3,6,10,12H,4-5,7H2,(H,15,17)(H,16,18)(H,19,20)/t10-,12-/m0/s1. The number of fused-ring (bicyclic) bond motifs is 1. The molecule has 1 saturated heterocycles. The minimum Gasteiger partial charge on any atom is -0.480 e. The van der Waals surface area contributed by atoms with Gasteiger partial charge < -0.3 is 10.4 Å². The zero-order chi connectivity index (χ0) is 14.8. The predicted molar refractivity (Wildman–Crippen MR) is 80.2 cm³/mol. The molecule has 1 fully saturated rings. The molecule has 2 heterocycles. The third-order valence-corrected chi connectivity index (χ3v) is 4.90. The minimum absolute atomic E-state index is 0.0544. The monoisotopic (exact) mass is 305 g/mol. The van der Waals surface area contributed by atoms with Crippen molar-refractivity contribution >= 4 is 34.5 Å². The van der Waals surface area contributed by atoms with E-state index in [9.17, 15) is 9.59 Å². The third kappa shape index (κ3) is 3.18. The first-order chi connectivity index (χ1) is 10.1. The van der Waals surface area contributed by atoms with E-state index in [-0.39, 0.29) is 11.9 Å². The summed E-state index contributed by atoms with van der Waals surface area (Å²) in [6.45, 7) is 0. The molecule has 3 rings (SSSR count). The number of H-pyrrole nitrogens is 1. The lowest BCUT2D eigenvalue weighted by atomic mass is 10.1. The number of amides is 1. The molecule has 2 aromatic rings. The van der Waals surface area contributed by atoms with Gasteiger partial charge in [0, 0.05) is 17.2 Å². The Morgan fingerprint density at radius 2 is 2.33 bits per heavy atom. The number of carbonyl (C=O) groups excluding carboxylic acids is 1. The Kier molecular flexibility index (Phi) is 3.83. The number of carboxylic acids is 1. The highest BCUT2D eigenvalue weighted by Crippen LogP contribution is 2.26. The van der Waals surface area contributed by atoms with Crippen molar-refractivity contribution in [3.63, 3.8) is 0 Å². The first kappa shape index (κ1) is 13.9. The van der Waals surface area contributed by atoms with E-state index in [4.69, 9.17) is 5.11 Å². The van der Waals surface area contributed by atoms with E-state index in [1.165, 1.54) is 11.8 Å². The second-order valence-electron chi connectivity index (χ2n) is 5.13. The molecule has 1 amide bonds. The topological polar surface area (TPSA) is 95.1 Å². The smallest absolute Gasteiger partial charge is 0.316 e. The van der Waals surface area contributed by atoms with Crippen molar-refractivity contribution in [2.24, 2.45) is 0 Å². The molecule has 1 aromatic carbocycles. The number of nitrogens with zero attached hydrogens (tertiary/aromatic N) is 1. The van der Waals surface area contributed by atoms with E-state index in [0.29, 0.717) is 18.6 Å². The van der Waals surface area contributed by atoms with E-state index in [1.54, 1.807) is 6.20 Å². The Morgan fingerprint density at radius 1 is 1.48 bits per heavy atom. The van der Waals surface area contributed by atoms with E-state index in [2.05, 4.69) is 15.5 Å². The zero-order valence-electron chi connectivity index (χ0n) is 11.2. The molecule has 6 nitrogen and oxygen atoms in total. The van der Waals surface area contributed by atoms with Gasteiger partial charge in [-0.25, -0.2) is 0 Å². The van der Waals surface area contributed by atoms with Crippen LogP contribution in [0.25, 0.3) is 10.9 Å². The maximum absolute atomic E-state index is 12.0. The zero-order valence-corrected chi connectivity index (χ0v) is 12.0. The third-order valence-electron chi connectivity index (χ3n) is 3.51. The fourth-order valence-corrected chi connectivity index (χ4v) is 3.66. The van der Waals surface area contributed by atoms with Gasteiger partial charge in [0.25, 0.3) is 0 Å². The highest BCUT2D eigenvalue weighted by molar-refractivity contribution is 8.00. The first-order valence-corrected chi connectivity index (χ1v) is 7.72. The summed E-state index contributed by atoms with van der Waals surface area (Å²) < 4.78 is 0. The second kappa shape index (κ2) is 5.77. The predicted octanol–water partition coefficient (Wildman–Crippen LogP) is 1.18. The van der Waals surface area contributed by atoms with Gasteiger partial charge in [-0.3, -0.25) is 14.7 Å². The summed E-state index contributed by atoms with van der Waals surface area (Å²) in [7, 11) is 0. The number of benzene rings is 1.